The van der Waals surface area contributed by atoms with Crippen LogP contribution in [0.5, 0.6) is 5.75 Å². The molecule has 1 spiro atoms. The van der Waals surface area contributed by atoms with Gasteiger partial charge >= 0.3 is 6.03 Å². The first-order valence-corrected chi connectivity index (χ1v) is 7.79. The van der Waals surface area contributed by atoms with Gasteiger partial charge < -0.3 is 15.3 Å². The van der Waals surface area contributed by atoms with Gasteiger partial charge in [-0.3, -0.25) is 9.69 Å². The molecule has 2 heterocycles. The minimum Gasteiger partial charge on any atom is -0.487 e. The van der Waals surface area contributed by atoms with Gasteiger partial charge in [0, 0.05) is 25.1 Å². The van der Waals surface area contributed by atoms with Gasteiger partial charge in [-0.2, -0.15) is 0 Å². The Hall–Kier alpha value is -2.19. The zero-order chi connectivity index (χ0) is 17.5. The van der Waals surface area contributed by atoms with Gasteiger partial charge in [-0.15, -0.1) is 0 Å². The topological polar surface area (TPSA) is 90.9 Å². The summed E-state index contributed by atoms with van der Waals surface area (Å²) in [6.45, 7) is 4.05. The zero-order valence-corrected chi connectivity index (χ0v) is 13.6. The molecule has 2 aliphatic heterocycles. The van der Waals surface area contributed by atoms with E-state index in [0.717, 1.165) is 4.90 Å². The number of nitrogens with zero attached hydrogens (tertiary/aromatic N) is 1. The number of hydroxylamine groups is 1. The van der Waals surface area contributed by atoms with Gasteiger partial charge in [0.25, 0.3) is 5.91 Å². The van der Waals surface area contributed by atoms with Crippen LogP contribution in [0.3, 0.4) is 0 Å². The van der Waals surface area contributed by atoms with Crippen molar-refractivity contribution in [3.05, 3.63) is 29.6 Å². The second kappa shape index (κ2) is 5.71. The Morgan fingerprint density at radius 1 is 1.42 bits per heavy atom. The van der Waals surface area contributed by atoms with E-state index in [1.54, 1.807) is 0 Å². The summed E-state index contributed by atoms with van der Waals surface area (Å²) < 4.78 is 19.6. The van der Waals surface area contributed by atoms with Crippen LogP contribution in [0.25, 0.3) is 0 Å². The van der Waals surface area contributed by atoms with Crippen LogP contribution in [0.15, 0.2) is 18.2 Å². The number of rotatable bonds is 4. The molecule has 2 aliphatic rings. The maximum Gasteiger partial charge on any atom is 0.325 e. The second-order valence-electron chi connectivity index (χ2n) is 6.73. The lowest BCUT2D eigenvalue weighted by atomic mass is 9.77. The number of hydrogen-bond donors (Lipinski definition) is 3. The van der Waals surface area contributed by atoms with E-state index < -0.39 is 28.9 Å². The van der Waals surface area contributed by atoms with E-state index in [1.165, 1.54) is 18.2 Å². The Labute approximate surface area is 138 Å². The molecule has 1 fully saturated rings. The molecular weight excluding hydrogens is 317 g/mol. The fourth-order valence-electron chi connectivity index (χ4n) is 3.44. The van der Waals surface area contributed by atoms with Crippen LogP contribution in [0.4, 0.5) is 9.18 Å². The molecule has 7 nitrogen and oxygen atoms in total. The highest BCUT2D eigenvalue weighted by Gasteiger charge is 2.58. The predicted molar refractivity (Wildman–Crippen MR) is 82.1 cm³/mol. The maximum atomic E-state index is 13.8. The van der Waals surface area contributed by atoms with Crippen LogP contribution in [-0.2, 0) is 10.3 Å². The molecule has 1 aromatic carbocycles. The van der Waals surface area contributed by atoms with Crippen LogP contribution < -0.4 is 15.5 Å². The van der Waals surface area contributed by atoms with Crippen LogP contribution >= 0.6 is 0 Å². The molecular formula is C16H20FN3O4. The van der Waals surface area contributed by atoms with Crippen LogP contribution in [0.1, 0.15) is 32.3 Å². The summed E-state index contributed by atoms with van der Waals surface area (Å²) in [7, 11) is 0. The SMILES string of the molecule is CC1(C)CC2(NC(=O)N(CCCNO)C2=O)c2cc(F)ccc2O1. The largest absolute Gasteiger partial charge is 0.487 e. The smallest absolute Gasteiger partial charge is 0.325 e. The third-order valence-corrected chi connectivity index (χ3v) is 4.32. The van der Waals surface area contributed by atoms with E-state index in [2.05, 4.69) is 5.32 Å². The Morgan fingerprint density at radius 2 is 2.17 bits per heavy atom. The van der Waals surface area contributed by atoms with Gasteiger partial charge in [0.05, 0.1) is 0 Å². The van der Waals surface area contributed by atoms with Crippen LogP contribution in [-0.4, -0.2) is 40.7 Å². The number of halogens is 1. The molecule has 3 rings (SSSR count). The van der Waals surface area contributed by atoms with E-state index >= 15 is 0 Å². The van der Waals surface area contributed by atoms with Crippen molar-refractivity contribution in [1.29, 1.82) is 0 Å². The lowest BCUT2D eigenvalue weighted by Crippen LogP contribution is -2.53. The first-order valence-electron chi connectivity index (χ1n) is 7.79. The second-order valence-corrected chi connectivity index (χ2v) is 6.73. The molecule has 1 aromatic rings. The molecule has 130 valence electrons. The van der Waals surface area contributed by atoms with Gasteiger partial charge in [-0.05, 0) is 38.5 Å². The standard InChI is InChI=1S/C16H20FN3O4/c1-15(2)9-16(11-8-10(17)4-5-12(11)24-15)13(21)20(14(22)19-16)7-3-6-18-23/h4-5,8,18,23H,3,6-7,9H2,1-2H3,(H,19,22). The maximum absolute atomic E-state index is 13.8. The van der Waals surface area contributed by atoms with Crippen molar-refractivity contribution >= 4 is 11.9 Å². The molecule has 3 amide bonds. The number of fused-ring (bicyclic) bond motifs is 2. The van der Waals surface area contributed by atoms with E-state index in [9.17, 15) is 14.0 Å². The molecule has 1 atom stereocenters. The van der Waals surface area contributed by atoms with Crippen molar-refractivity contribution in [3.8, 4) is 5.75 Å². The molecule has 1 unspecified atom stereocenters. The first-order chi connectivity index (χ1) is 11.3. The number of amides is 3. The van der Waals surface area contributed by atoms with Gasteiger partial charge in [-0.1, -0.05) is 0 Å². The average Bonchev–Trinajstić information content (AvgIpc) is 2.72. The summed E-state index contributed by atoms with van der Waals surface area (Å²) >= 11 is 0. The monoisotopic (exact) mass is 337 g/mol. The molecule has 0 bridgehead atoms. The summed E-state index contributed by atoms with van der Waals surface area (Å²) in [6.07, 6.45) is 0.609. The molecule has 1 saturated heterocycles. The minimum absolute atomic E-state index is 0.159. The average molecular weight is 337 g/mol. The van der Waals surface area contributed by atoms with E-state index in [-0.39, 0.29) is 19.5 Å². The van der Waals surface area contributed by atoms with Crippen molar-refractivity contribution in [2.24, 2.45) is 0 Å². The van der Waals surface area contributed by atoms with Crippen molar-refractivity contribution in [1.82, 2.24) is 15.7 Å². The highest BCUT2D eigenvalue weighted by molar-refractivity contribution is 6.08. The Balaban J connectivity index is 2.02. The van der Waals surface area contributed by atoms with Crippen LogP contribution in [0.2, 0.25) is 0 Å². The number of imide groups is 1. The minimum atomic E-state index is -1.33. The number of carbonyl (C=O) groups is 2. The molecule has 3 N–H and O–H groups in total. The number of benzene rings is 1. The van der Waals surface area contributed by atoms with Gasteiger partial charge in [0.1, 0.15) is 17.2 Å². The summed E-state index contributed by atoms with van der Waals surface area (Å²) in [5.74, 6) is -0.532. The Morgan fingerprint density at radius 3 is 2.88 bits per heavy atom. The molecule has 0 saturated carbocycles. The van der Waals surface area contributed by atoms with Crippen LogP contribution in [0, 0.1) is 5.82 Å². The summed E-state index contributed by atoms with van der Waals surface area (Å²) in [5.41, 5.74) is 0.297. The fourth-order valence-corrected chi connectivity index (χ4v) is 3.44. The predicted octanol–water partition coefficient (Wildman–Crippen LogP) is 1.50. The number of nitrogens with one attached hydrogen (secondary N) is 2. The van der Waals surface area contributed by atoms with E-state index in [4.69, 9.17) is 9.94 Å². The third-order valence-electron chi connectivity index (χ3n) is 4.32. The molecule has 0 aliphatic carbocycles. The van der Waals surface area contributed by atoms with E-state index in [0.29, 0.717) is 17.7 Å². The van der Waals surface area contributed by atoms with Crippen molar-refractivity contribution in [3.63, 3.8) is 0 Å². The van der Waals surface area contributed by atoms with Crippen molar-refractivity contribution < 1.29 is 23.9 Å². The third kappa shape index (κ3) is 2.61. The normalized spacial score (nSPS) is 24.8. The van der Waals surface area contributed by atoms with Crippen molar-refractivity contribution in [2.45, 2.75) is 37.8 Å². The lowest BCUT2D eigenvalue weighted by molar-refractivity contribution is -0.134. The number of carbonyl (C=O) groups excluding carboxylic acids is 2. The fraction of sp³-hybridized carbons (Fsp3) is 0.500. The summed E-state index contributed by atoms with van der Waals surface area (Å²) in [6, 6.07) is 3.46. The van der Waals surface area contributed by atoms with Gasteiger partial charge in [0.15, 0.2) is 5.54 Å². The zero-order valence-electron chi connectivity index (χ0n) is 13.6. The molecule has 0 aromatic heterocycles. The Bertz CT molecular complexity index is 694. The quantitative estimate of drug-likeness (QED) is 0.440. The van der Waals surface area contributed by atoms with E-state index in [1.807, 2.05) is 19.3 Å². The summed E-state index contributed by atoms with van der Waals surface area (Å²) in [4.78, 5) is 26.5. The highest BCUT2D eigenvalue weighted by atomic mass is 19.1. The molecule has 8 heteroatoms. The highest BCUT2D eigenvalue weighted by Crippen LogP contribution is 2.46. The molecule has 0 radical (unpaired) electrons. The van der Waals surface area contributed by atoms with Gasteiger partial charge in [-0.25, -0.2) is 14.7 Å². The number of ether oxygens (including phenoxy) is 1. The first kappa shape index (κ1) is 16.7. The molecule has 24 heavy (non-hydrogen) atoms. The lowest BCUT2D eigenvalue weighted by Gasteiger charge is -2.42. The Kier molecular flexibility index (Phi) is 3.97. The number of urea groups is 1. The van der Waals surface area contributed by atoms with Gasteiger partial charge in [0.2, 0.25) is 0 Å². The van der Waals surface area contributed by atoms with Crippen molar-refractivity contribution in [2.75, 3.05) is 13.1 Å². The summed E-state index contributed by atoms with van der Waals surface area (Å²) in [5, 5.41) is 11.4. The number of hydrogen-bond acceptors (Lipinski definition) is 5.